The number of hydrogen-bond acceptors (Lipinski definition) is 5. The molecule has 2 aliphatic carbocycles. The monoisotopic (exact) mass is 472 g/mol. The highest BCUT2D eigenvalue weighted by atomic mass is 16.5. The fraction of sp³-hybridized carbons (Fsp3) is 0.741. The smallest absolute Gasteiger partial charge is 0.303 e. The Balaban J connectivity index is 1.82. The van der Waals surface area contributed by atoms with Gasteiger partial charge < -0.3 is 19.5 Å². The number of aryl methyl sites for hydroxylation is 2. The van der Waals surface area contributed by atoms with E-state index in [0.29, 0.717) is 31.5 Å². The predicted molar refractivity (Wildman–Crippen MR) is 128 cm³/mol. The first-order valence-electron chi connectivity index (χ1n) is 12.6. The van der Waals surface area contributed by atoms with Crippen LogP contribution in [0.25, 0.3) is 0 Å². The minimum atomic E-state index is -0.896. The summed E-state index contributed by atoms with van der Waals surface area (Å²) >= 11 is 0. The number of hydrogen-bond donors (Lipinski definition) is 2. The minimum Gasteiger partial charge on any atom is -0.481 e. The largest absolute Gasteiger partial charge is 0.481 e. The molecule has 0 radical (unpaired) electrons. The molecule has 188 valence electrons. The zero-order valence-electron chi connectivity index (χ0n) is 21.3. The molecule has 7 heteroatoms. The summed E-state index contributed by atoms with van der Waals surface area (Å²) in [4.78, 5) is 22.5. The molecule has 2 fully saturated rings. The van der Waals surface area contributed by atoms with Crippen LogP contribution in [0.15, 0.2) is 12.3 Å². The molecular weight excluding hydrogens is 432 g/mol. The highest BCUT2D eigenvalue weighted by Crippen LogP contribution is 2.64. The lowest BCUT2D eigenvalue weighted by Gasteiger charge is -2.64. The van der Waals surface area contributed by atoms with Gasteiger partial charge in [-0.15, -0.1) is 0 Å². The van der Waals surface area contributed by atoms with Gasteiger partial charge in [0.25, 0.3) is 0 Å². The number of ether oxygens (including phenoxy) is 1. The molecule has 1 aromatic heterocycles. The second kappa shape index (κ2) is 9.73. The van der Waals surface area contributed by atoms with E-state index in [1.165, 1.54) is 6.92 Å². The third kappa shape index (κ3) is 4.62. The third-order valence-corrected chi connectivity index (χ3v) is 9.14. The second-order valence-corrected chi connectivity index (χ2v) is 11.3. The number of carbonyl (C=O) groups is 2. The number of carboxylic acids is 1. The van der Waals surface area contributed by atoms with Crippen LogP contribution in [0.3, 0.4) is 0 Å². The number of rotatable bonds is 8. The summed E-state index contributed by atoms with van der Waals surface area (Å²) in [5, 5.41) is 30.9. The van der Waals surface area contributed by atoms with E-state index in [0.717, 1.165) is 31.2 Å². The van der Waals surface area contributed by atoms with Crippen LogP contribution in [0.2, 0.25) is 0 Å². The Hall–Kier alpha value is -2.33. The van der Waals surface area contributed by atoms with Crippen molar-refractivity contribution in [1.29, 1.82) is 5.26 Å². The third-order valence-electron chi connectivity index (χ3n) is 9.14. The number of aliphatic carboxylic acids is 1. The number of nitriles is 1. The van der Waals surface area contributed by atoms with Crippen LogP contribution in [0.1, 0.15) is 90.8 Å². The van der Waals surface area contributed by atoms with Crippen molar-refractivity contribution in [3.63, 3.8) is 0 Å². The van der Waals surface area contributed by atoms with Gasteiger partial charge in [-0.1, -0.05) is 27.7 Å². The summed E-state index contributed by atoms with van der Waals surface area (Å²) in [6.07, 6.45) is 6.82. The van der Waals surface area contributed by atoms with E-state index < -0.39 is 11.6 Å². The minimum absolute atomic E-state index is 0.0690. The van der Waals surface area contributed by atoms with Crippen molar-refractivity contribution in [2.24, 2.45) is 22.7 Å². The maximum atomic E-state index is 12.3. The maximum absolute atomic E-state index is 12.3. The van der Waals surface area contributed by atoms with Crippen LogP contribution in [0.5, 0.6) is 0 Å². The maximum Gasteiger partial charge on any atom is 0.303 e. The standard InChI is InChI=1S/C27H40N2O5/c1-18-8-9-22-25(3,4)23(34-19(2)30)11-13-26(22,5)27(18,33)14-10-20-12-16-29(21(20)17-28)15-6-7-24(31)32/h12,16,18,22-23,33H,6-11,13-15H2,1-5H3,(H,31,32)/t18-,22+,23+,26+,27-/m1/s1. The summed E-state index contributed by atoms with van der Waals surface area (Å²) in [6, 6.07) is 4.21. The first-order valence-corrected chi connectivity index (χ1v) is 12.6. The molecule has 5 atom stereocenters. The van der Waals surface area contributed by atoms with Crippen LogP contribution in [-0.2, 0) is 27.3 Å². The molecule has 0 bridgehead atoms. The Labute approximate surface area is 203 Å². The van der Waals surface area contributed by atoms with Gasteiger partial charge in [0.05, 0.1) is 5.60 Å². The van der Waals surface area contributed by atoms with Gasteiger partial charge in [0, 0.05) is 36.9 Å². The number of carboxylic acid groups (broad SMARTS) is 1. The number of nitrogens with zero attached hydrogens (tertiary/aromatic N) is 2. The Kier molecular flexibility index (Phi) is 7.52. The quantitative estimate of drug-likeness (QED) is 0.531. The van der Waals surface area contributed by atoms with Crippen molar-refractivity contribution in [3.8, 4) is 6.07 Å². The molecule has 0 unspecified atom stereocenters. The van der Waals surface area contributed by atoms with E-state index in [1.807, 2.05) is 16.8 Å². The van der Waals surface area contributed by atoms with E-state index >= 15 is 0 Å². The lowest BCUT2D eigenvalue weighted by atomic mass is 9.43. The predicted octanol–water partition coefficient (Wildman–Crippen LogP) is 4.69. The molecule has 0 aliphatic heterocycles. The molecule has 2 saturated carbocycles. The normalized spacial score (nSPS) is 32.4. The van der Waals surface area contributed by atoms with E-state index in [2.05, 4.69) is 33.8 Å². The van der Waals surface area contributed by atoms with Crippen LogP contribution < -0.4 is 0 Å². The topological polar surface area (TPSA) is 113 Å². The van der Waals surface area contributed by atoms with Gasteiger partial charge in [-0.2, -0.15) is 5.26 Å². The van der Waals surface area contributed by atoms with Gasteiger partial charge >= 0.3 is 11.9 Å². The van der Waals surface area contributed by atoms with Crippen LogP contribution in [-0.4, -0.2) is 38.4 Å². The molecule has 0 spiro atoms. The molecule has 7 nitrogen and oxygen atoms in total. The number of fused-ring (bicyclic) bond motifs is 1. The van der Waals surface area contributed by atoms with Gasteiger partial charge in [0.2, 0.25) is 0 Å². The van der Waals surface area contributed by atoms with Crippen LogP contribution >= 0.6 is 0 Å². The van der Waals surface area contributed by atoms with Gasteiger partial charge in [-0.25, -0.2) is 0 Å². The molecule has 0 amide bonds. The lowest BCUT2D eigenvalue weighted by Crippen LogP contribution is -2.65. The Bertz CT molecular complexity index is 961. The van der Waals surface area contributed by atoms with Gasteiger partial charge in [-0.3, -0.25) is 9.59 Å². The average Bonchev–Trinajstić information content (AvgIpc) is 3.14. The molecular formula is C27H40N2O5. The Morgan fingerprint density at radius 3 is 2.59 bits per heavy atom. The second-order valence-electron chi connectivity index (χ2n) is 11.3. The van der Waals surface area contributed by atoms with Crippen LogP contribution in [0.4, 0.5) is 0 Å². The number of esters is 1. The fourth-order valence-electron chi connectivity index (χ4n) is 7.16. The molecule has 2 N–H and O–H groups in total. The first-order chi connectivity index (χ1) is 15.9. The molecule has 0 saturated heterocycles. The molecule has 0 aromatic carbocycles. The summed E-state index contributed by atoms with van der Waals surface area (Å²) in [5.74, 6) is -0.750. The van der Waals surface area contributed by atoms with E-state index in [4.69, 9.17) is 9.84 Å². The molecule has 1 heterocycles. The van der Waals surface area contributed by atoms with Crippen molar-refractivity contribution < 1.29 is 24.5 Å². The molecule has 3 rings (SSSR count). The van der Waals surface area contributed by atoms with E-state index in [-0.39, 0.29) is 41.2 Å². The van der Waals surface area contributed by atoms with Gasteiger partial charge in [-0.05, 0) is 68.4 Å². The molecule has 1 aromatic rings. The fourth-order valence-corrected chi connectivity index (χ4v) is 7.16. The van der Waals surface area contributed by atoms with Crippen molar-refractivity contribution in [1.82, 2.24) is 4.57 Å². The lowest BCUT2D eigenvalue weighted by molar-refractivity contribution is -0.236. The van der Waals surface area contributed by atoms with Gasteiger partial charge in [0.1, 0.15) is 17.9 Å². The number of carbonyl (C=O) groups excluding carboxylic acids is 1. The summed E-state index contributed by atoms with van der Waals surface area (Å²) in [5.41, 5.74) is 0.00166. The van der Waals surface area contributed by atoms with E-state index in [9.17, 15) is 20.0 Å². The summed E-state index contributed by atoms with van der Waals surface area (Å²) in [7, 11) is 0. The summed E-state index contributed by atoms with van der Waals surface area (Å²) in [6.45, 7) is 10.6. The summed E-state index contributed by atoms with van der Waals surface area (Å²) < 4.78 is 7.53. The Morgan fingerprint density at radius 1 is 1.26 bits per heavy atom. The highest BCUT2D eigenvalue weighted by Gasteiger charge is 2.63. The molecule has 2 aliphatic rings. The Morgan fingerprint density at radius 2 is 1.97 bits per heavy atom. The highest BCUT2D eigenvalue weighted by molar-refractivity contribution is 5.66. The van der Waals surface area contributed by atoms with Crippen molar-refractivity contribution >= 4 is 11.9 Å². The van der Waals surface area contributed by atoms with Gasteiger partial charge in [0.15, 0.2) is 0 Å². The van der Waals surface area contributed by atoms with Crippen LogP contribution in [0, 0.1) is 34.0 Å². The van der Waals surface area contributed by atoms with E-state index in [1.54, 1.807) is 0 Å². The van der Waals surface area contributed by atoms with Crippen molar-refractivity contribution in [2.45, 2.75) is 104 Å². The average molecular weight is 473 g/mol. The SMILES string of the molecule is CC(=O)O[C@H]1CC[C@@]2(C)[C@@H](CC[C@@H](C)[C@]2(O)CCc2ccn(CCCC(=O)O)c2C#N)C1(C)C. The van der Waals surface area contributed by atoms with Crippen molar-refractivity contribution in [2.75, 3.05) is 0 Å². The number of aromatic nitrogens is 1. The van der Waals surface area contributed by atoms with Crippen molar-refractivity contribution in [3.05, 3.63) is 23.5 Å². The first kappa shape index (κ1) is 26.3. The zero-order valence-corrected chi connectivity index (χ0v) is 21.3. The molecule has 34 heavy (non-hydrogen) atoms. The number of aliphatic hydroxyl groups is 1. The zero-order chi connectivity index (χ0) is 25.3.